The highest BCUT2D eigenvalue weighted by Gasteiger charge is 2.33. The van der Waals surface area contributed by atoms with E-state index in [1.807, 2.05) is 6.08 Å². The van der Waals surface area contributed by atoms with Crippen LogP contribution in [-0.4, -0.2) is 12.7 Å². The number of allylic oxidation sites excluding steroid dienone is 1. The van der Waals surface area contributed by atoms with Crippen molar-refractivity contribution in [1.29, 1.82) is 0 Å². The van der Waals surface area contributed by atoms with Gasteiger partial charge in [-0.25, -0.2) is 0 Å². The van der Waals surface area contributed by atoms with Gasteiger partial charge in [-0.05, 0) is 43.6 Å². The first-order valence-electron chi connectivity index (χ1n) is 6.95. The third-order valence-electron chi connectivity index (χ3n) is 3.83. The van der Waals surface area contributed by atoms with Crippen LogP contribution in [0, 0.1) is 5.41 Å². The minimum atomic E-state index is 0.299. The monoisotopic (exact) mass is 236 g/mol. The van der Waals surface area contributed by atoms with Gasteiger partial charge < -0.3 is 4.74 Å². The van der Waals surface area contributed by atoms with E-state index in [-0.39, 0.29) is 0 Å². The maximum atomic E-state index is 6.00. The standard InChI is InChI=1S/C16H28O/c1-6-9-14(17-12-7-2)15-13(3)10-8-11-16(15,4)5/h7,14H,2,6,8-12H2,1,3-5H3. The number of hydrogen-bond donors (Lipinski definition) is 0. The molecule has 0 heterocycles. The number of ether oxygens (including phenoxy) is 1. The summed E-state index contributed by atoms with van der Waals surface area (Å²) >= 11 is 0. The van der Waals surface area contributed by atoms with Crippen molar-refractivity contribution in [3.8, 4) is 0 Å². The fraction of sp³-hybridized carbons (Fsp3) is 0.750. The predicted octanol–water partition coefficient (Wildman–Crippen LogP) is 4.88. The summed E-state index contributed by atoms with van der Waals surface area (Å²) in [6, 6.07) is 0. The van der Waals surface area contributed by atoms with Crippen LogP contribution in [0.4, 0.5) is 0 Å². The molecule has 98 valence electrons. The zero-order chi connectivity index (χ0) is 12.9. The highest BCUT2D eigenvalue weighted by molar-refractivity contribution is 5.26. The van der Waals surface area contributed by atoms with Gasteiger partial charge in [0.15, 0.2) is 0 Å². The van der Waals surface area contributed by atoms with Gasteiger partial charge in [0.1, 0.15) is 0 Å². The molecule has 0 fully saturated rings. The van der Waals surface area contributed by atoms with Crippen molar-refractivity contribution in [3.63, 3.8) is 0 Å². The van der Waals surface area contributed by atoms with Crippen LogP contribution in [0.1, 0.15) is 59.8 Å². The van der Waals surface area contributed by atoms with E-state index in [2.05, 4.69) is 34.3 Å². The number of hydrogen-bond acceptors (Lipinski definition) is 1. The normalized spacial score (nSPS) is 21.4. The lowest BCUT2D eigenvalue weighted by atomic mass is 9.70. The Morgan fingerprint density at radius 3 is 2.71 bits per heavy atom. The molecule has 0 aromatic rings. The van der Waals surface area contributed by atoms with Crippen LogP contribution in [0.3, 0.4) is 0 Å². The van der Waals surface area contributed by atoms with Crippen molar-refractivity contribution in [2.45, 2.75) is 65.9 Å². The van der Waals surface area contributed by atoms with Crippen molar-refractivity contribution in [2.24, 2.45) is 5.41 Å². The van der Waals surface area contributed by atoms with Gasteiger partial charge in [-0.15, -0.1) is 6.58 Å². The molecule has 1 rings (SSSR count). The first-order valence-corrected chi connectivity index (χ1v) is 6.95. The summed E-state index contributed by atoms with van der Waals surface area (Å²) in [6.07, 6.45) is 8.32. The Labute approximate surface area is 107 Å². The zero-order valence-electron chi connectivity index (χ0n) is 12.0. The fourth-order valence-corrected chi connectivity index (χ4v) is 3.11. The molecular formula is C16H28O. The van der Waals surface area contributed by atoms with Crippen LogP contribution in [0.5, 0.6) is 0 Å². The highest BCUT2D eigenvalue weighted by Crippen LogP contribution is 2.43. The summed E-state index contributed by atoms with van der Waals surface area (Å²) in [5, 5.41) is 0. The summed E-state index contributed by atoms with van der Waals surface area (Å²) in [5.74, 6) is 0. The molecule has 0 aliphatic heterocycles. The molecule has 1 aliphatic carbocycles. The summed E-state index contributed by atoms with van der Waals surface area (Å²) in [4.78, 5) is 0. The first-order chi connectivity index (χ1) is 8.03. The van der Waals surface area contributed by atoms with Crippen LogP contribution in [0.25, 0.3) is 0 Å². The average Bonchev–Trinajstić information content (AvgIpc) is 2.24. The van der Waals surface area contributed by atoms with Crippen molar-refractivity contribution >= 4 is 0 Å². The van der Waals surface area contributed by atoms with Crippen molar-refractivity contribution in [1.82, 2.24) is 0 Å². The molecule has 0 saturated heterocycles. The van der Waals surface area contributed by atoms with Crippen LogP contribution in [0.2, 0.25) is 0 Å². The lowest BCUT2D eigenvalue weighted by Crippen LogP contribution is -2.31. The second-order valence-corrected chi connectivity index (χ2v) is 5.83. The molecule has 1 aliphatic rings. The van der Waals surface area contributed by atoms with Gasteiger partial charge in [-0.1, -0.05) is 38.8 Å². The summed E-state index contributed by atoms with van der Waals surface area (Å²) in [7, 11) is 0. The smallest absolute Gasteiger partial charge is 0.0796 e. The maximum absolute atomic E-state index is 6.00. The first kappa shape index (κ1) is 14.5. The van der Waals surface area contributed by atoms with Crippen LogP contribution >= 0.6 is 0 Å². The SMILES string of the molecule is C=CCOC(CCC)C1=C(C)CCCC1(C)C. The fourth-order valence-electron chi connectivity index (χ4n) is 3.11. The lowest BCUT2D eigenvalue weighted by Gasteiger charge is -2.39. The molecule has 0 aromatic heterocycles. The van der Waals surface area contributed by atoms with Crippen LogP contribution < -0.4 is 0 Å². The second-order valence-electron chi connectivity index (χ2n) is 5.83. The minimum Gasteiger partial charge on any atom is -0.370 e. The van der Waals surface area contributed by atoms with E-state index in [0.717, 1.165) is 6.42 Å². The quantitative estimate of drug-likeness (QED) is 0.597. The molecule has 0 saturated carbocycles. The van der Waals surface area contributed by atoms with E-state index in [1.165, 1.54) is 25.7 Å². The summed E-state index contributed by atoms with van der Waals surface area (Å²) in [5.41, 5.74) is 3.43. The minimum absolute atomic E-state index is 0.299. The molecule has 1 atom stereocenters. The van der Waals surface area contributed by atoms with Gasteiger partial charge in [0.05, 0.1) is 12.7 Å². The van der Waals surface area contributed by atoms with E-state index >= 15 is 0 Å². The molecule has 0 amide bonds. The predicted molar refractivity (Wildman–Crippen MR) is 75.2 cm³/mol. The van der Waals surface area contributed by atoms with Gasteiger partial charge in [0.25, 0.3) is 0 Å². The largest absolute Gasteiger partial charge is 0.370 e. The third kappa shape index (κ3) is 3.70. The molecule has 17 heavy (non-hydrogen) atoms. The lowest BCUT2D eigenvalue weighted by molar-refractivity contribution is 0.0730. The zero-order valence-corrected chi connectivity index (χ0v) is 12.0. The Bertz CT molecular complexity index is 286. The Morgan fingerprint density at radius 2 is 2.18 bits per heavy atom. The Balaban J connectivity index is 2.92. The van der Waals surface area contributed by atoms with E-state index in [4.69, 9.17) is 4.74 Å². The van der Waals surface area contributed by atoms with E-state index in [9.17, 15) is 0 Å². The Kier molecular flexibility index (Phi) is 5.45. The van der Waals surface area contributed by atoms with E-state index in [1.54, 1.807) is 11.1 Å². The molecule has 0 aromatic carbocycles. The van der Waals surface area contributed by atoms with Crippen LogP contribution in [0.15, 0.2) is 23.8 Å². The molecule has 0 spiro atoms. The maximum Gasteiger partial charge on any atom is 0.0796 e. The van der Waals surface area contributed by atoms with Crippen LogP contribution in [-0.2, 0) is 4.74 Å². The van der Waals surface area contributed by atoms with E-state index < -0.39 is 0 Å². The van der Waals surface area contributed by atoms with E-state index in [0.29, 0.717) is 18.1 Å². The Morgan fingerprint density at radius 1 is 1.47 bits per heavy atom. The van der Waals surface area contributed by atoms with Gasteiger partial charge >= 0.3 is 0 Å². The molecular weight excluding hydrogens is 208 g/mol. The molecule has 1 nitrogen and oxygen atoms in total. The van der Waals surface area contributed by atoms with Gasteiger partial charge in [0, 0.05) is 0 Å². The highest BCUT2D eigenvalue weighted by atomic mass is 16.5. The topological polar surface area (TPSA) is 9.23 Å². The van der Waals surface area contributed by atoms with Crippen molar-refractivity contribution < 1.29 is 4.74 Å². The van der Waals surface area contributed by atoms with Gasteiger partial charge in [-0.2, -0.15) is 0 Å². The van der Waals surface area contributed by atoms with Crippen molar-refractivity contribution in [2.75, 3.05) is 6.61 Å². The molecule has 0 N–H and O–H groups in total. The summed E-state index contributed by atoms with van der Waals surface area (Å²) < 4.78 is 6.00. The average molecular weight is 236 g/mol. The molecule has 0 bridgehead atoms. The molecule has 0 radical (unpaired) electrons. The van der Waals surface area contributed by atoms with Gasteiger partial charge in [0.2, 0.25) is 0 Å². The third-order valence-corrected chi connectivity index (χ3v) is 3.83. The Hall–Kier alpha value is -0.560. The van der Waals surface area contributed by atoms with Gasteiger partial charge in [-0.3, -0.25) is 0 Å². The molecule has 1 heteroatoms. The second kappa shape index (κ2) is 6.39. The van der Waals surface area contributed by atoms with Crippen molar-refractivity contribution in [3.05, 3.63) is 23.8 Å². The molecule has 1 unspecified atom stereocenters. The number of rotatable bonds is 6. The summed E-state index contributed by atoms with van der Waals surface area (Å²) in [6.45, 7) is 13.7.